The maximum atomic E-state index is 13.9. The van der Waals surface area contributed by atoms with E-state index in [1.54, 1.807) is 16.4 Å². The summed E-state index contributed by atoms with van der Waals surface area (Å²) in [4.78, 5) is 0.291. The van der Waals surface area contributed by atoms with Crippen molar-refractivity contribution in [2.24, 2.45) is 0 Å². The van der Waals surface area contributed by atoms with Crippen LogP contribution in [0.15, 0.2) is 125 Å². The highest BCUT2D eigenvalue weighted by molar-refractivity contribution is 9.15. The van der Waals surface area contributed by atoms with Gasteiger partial charge < -0.3 is 4.74 Å². The Labute approximate surface area is 250 Å². The molecule has 1 fully saturated rings. The molecule has 2 aliphatic rings. The van der Waals surface area contributed by atoms with Gasteiger partial charge in [-0.1, -0.05) is 106 Å². The second kappa shape index (κ2) is 11.3. The Morgan fingerprint density at radius 3 is 2.10 bits per heavy atom. The molecule has 0 aliphatic carbocycles. The molecule has 6 heteroatoms. The van der Waals surface area contributed by atoms with Crippen LogP contribution in [0.2, 0.25) is 0 Å². The quantitative estimate of drug-likeness (QED) is 0.225. The first-order valence-electron chi connectivity index (χ1n) is 13.5. The molecule has 0 radical (unpaired) electrons. The van der Waals surface area contributed by atoms with E-state index in [1.165, 1.54) is 0 Å². The second-order valence-electron chi connectivity index (χ2n) is 10.4. The van der Waals surface area contributed by atoms with E-state index in [4.69, 9.17) is 4.74 Å². The molecule has 0 amide bonds. The number of hydrogen-bond donors (Lipinski definition) is 0. The molecular weight excluding hydrogens is 594 g/mol. The fourth-order valence-electron chi connectivity index (χ4n) is 5.44. The zero-order valence-electron chi connectivity index (χ0n) is 23.0. The molecule has 41 heavy (non-hydrogen) atoms. The molecule has 4 aromatic carbocycles. The number of anilines is 1. The van der Waals surface area contributed by atoms with Gasteiger partial charge in [0.05, 0.1) is 30.3 Å². The first-order valence-corrected chi connectivity index (χ1v) is 15.8. The summed E-state index contributed by atoms with van der Waals surface area (Å²) in [5.74, 6) is 0. The molecule has 4 nitrogen and oxygen atoms in total. The van der Waals surface area contributed by atoms with E-state index in [0.717, 1.165) is 54.6 Å². The highest BCUT2D eigenvalue weighted by atomic mass is 79.9. The minimum absolute atomic E-state index is 0.253. The lowest BCUT2D eigenvalue weighted by molar-refractivity contribution is 0.215. The Kier molecular flexibility index (Phi) is 7.56. The molecule has 0 aromatic heterocycles. The number of benzene rings is 4. The third kappa shape index (κ3) is 5.35. The lowest BCUT2D eigenvalue weighted by Crippen LogP contribution is -2.29. The molecule has 206 valence electrons. The van der Waals surface area contributed by atoms with Gasteiger partial charge in [-0.25, -0.2) is 8.42 Å². The smallest absolute Gasteiger partial charge is 0.264 e. The van der Waals surface area contributed by atoms with E-state index >= 15 is 0 Å². The van der Waals surface area contributed by atoms with Crippen LogP contribution in [0.25, 0.3) is 15.6 Å². The number of halogens is 1. The maximum Gasteiger partial charge on any atom is 0.264 e. The van der Waals surface area contributed by atoms with Crippen molar-refractivity contribution < 1.29 is 13.2 Å². The average Bonchev–Trinajstić information content (AvgIpc) is 3.62. The maximum absolute atomic E-state index is 13.9. The first kappa shape index (κ1) is 27.5. The molecule has 0 bridgehead atoms. The van der Waals surface area contributed by atoms with Crippen LogP contribution in [0.1, 0.15) is 27.8 Å². The molecule has 2 aliphatic heterocycles. The summed E-state index contributed by atoms with van der Waals surface area (Å²) in [5.41, 5.74) is 10.0. The van der Waals surface area contributed by atoms with Crippen molar-refractivity contribution >= 4 is 47.3 Å². The molecular formula is C35H30BrNO3S. The highest BCUT2D eigenvalue weighted by Crippen LogP contribution is 2.45. The number of nitrogens with zero attached hydrogens (tertiary/aromatic N) is 1. The Morgan fingerprint density at radius 1 is 0.780 bits per heavy atom. The minimum atomic E-state index is -3.77. The Hall–Kier alpha value is -3.71. The van der Waals surface area contributed by atoms with Gasteiger partial charge in [-0.05, 0) is 77.6 Å². The van der Waals surface area contributed by atoms with Crippen LogP contribution >= 0.6 is 15.9 Å². The van der Waals surface area contributed by atoms with E-state index in [2.05, 4.69) is 52.3 Å². The summed E-state index contributed by atoms with van der Waals surface area (Å²) < 4.78 is 36.5. The Bertz CT molecular complexity index is 1810. The fraction of sp³-hybridized carbons (Fsp3) is 0.143. The van der Waals surface area contributed by atoms with Crippen molar-refractivity contribution in [1.82, 2.24) is 0 Å². The van der Waals surface area contributed by atoms with Crippen LogP contribution in [-0.4, -0.2) is 28.2 Å². The van der Waals surface area contributed by atoms with Gasteiger partial charge in [0.1, 0.15) is 0 Å². The zero-order valence-corrected chi connectivity index (χ0v) is 25.4. The molecule has 6 rings (SSSR count). The summed E-state index contributed by atoms with van der Waals surface area (Å²) in [6.45, 7) is 5.11. The predicted octanol–water partition coefficient (Wildman–Crippen LogP) is 8.19. The van der Waals surface area contributed by atoms with Gasteiger partial charge in [0.2, 0.25) is 0 Å². The molecule has 4 aromatic rings. The zero-order chi connectivity index (χ0) is 28.6. The van der Waals surface area contributed by atoms with Gasteiger partial charge in [-0.15, -0.1) is 0 Å². The number of fused-ring (bicyclic) bond motifs is 1. The van der Waals surface area contributed by atoms with E-state index < -0.39 is 10.0 Å². The number of rotatable bonds is 5. The number of ether oxygens (including phenoxy) is 1. The topological polar surface area (TPSA) is 46.6 Å². The van der Waals surface area contributed by atoms with Crippen LogP contribution in [-0.2, 0) is 14.8 Å². The summed E-state index contributed by atoms with van der Waals surface area (Å²) in [6, 6.07) is 33.5. The van der Waals surface area contributed by atoms with E-state index in [0.29, 0.717) is 23.8 Å². The van der Waals surface area contributed by atoms with Crippen molar-refractivity contribution in [3.8, 4) is 0 Å². The van der Waals surface area contributed by atoms with Crippen molar-refractivity contribution in [2.75, 3.05) is 24.1 Å². The number of allylic oxidation sites excluding steroid dienone is 2. The Morgan fingerprint density at radius 2 is 1.41 bits per heavy atom. The van der Waals surface area contributed by atoms with Gasteiger partial charge in [0, 0.05) is 10.0 Å². The number of sulfonamides is 1. The van der Waals surface area contributed by atoms with Crippen molar-refractivity contribution in [3.05, 3.63) is 148 Å². The molecule has 0 spiro atoms. The highest BCUT2D eigenvalue weighted by Gasteiger charge is 2.36. The summed E-state index contributed by atoms with van der Waals surface area (Å²) in [6.07, 6.45) is 2.15. The molecule has 0 unspecified atom stereocenters. The van der Waals surface area contributed by atoms with Crippen molar-refractivity contribution in [3.63, 3.8) is 0 Å². The van der Waals surface area contributed by atoms with Crippen LogP contribution in [0.4, 0.5) is 5.69 Å². The molecule has 0 N–H and O–H groups in total. The number of aryl methyl sites for hydroxylation is 2. The van der Waals surface area contributed by atoms with E-state index in [1.807, 2.05) is 74.5 Å². The van der Waals surface area contributed by atoms with Crippen LogP contribution in [0.3, 0.4) is 0 Å². The molecule has 1 saturated heterocycles. The lowest BCUT2D eigenvalue weighted by Gasteiger charge is -2.19. The lowest BCUT2D eigenvalue weighted by atomic mass is 9.91. The van der Waals surface area contributed by atoms with Crippen LogP contribution in [0.5, 0.6) is 0 Å². The minimum Gasteiger partial charge on any atom is -0.372 e. The monoisotopic (exact) mass is 623 g/mol. The van der Waals surface area contributed by atoms with Crippen LogP contribution < -0.4 is 4.31 Å². The van der Waals surface area contributed by atoms with Gasteiger partial charge >= 0.3 is 0 Å². The SMILES string of the molecule is Cc1ccc(S(=O)(=O)N2C/C(=C3/COC/C3=C(/C=C(\Br)c3ccccc3)c3ccccc3)c3cc(C)ccc32)cc1. The first-order chi connectivity index (χ1) is 19.8. The average molecular weight is 625 g/mol. The third-order valence-corrected chi connectivity index (χ3v) is 10.1. The number of hydrogen-bond acceptors (Lipinski definition) is 3. The van der Waals surface area contributed by atoms with Gasteiger partial charge in [0.15, 0.2) is 0 Å². The standard InChI is InChI=1S/C35H30BrNO3S/c1-24-13-16-28(17-14-24)41(38,39)37-21-31(30-19-25(2)15-18-35(30)37)33-23-40-22-32(33)29(26-9-5-3-6-10-26)20-34(36)27-11-7-4-8-12-27/h3-20H,21-23H2,1-2H3/b32-29+,33-31+,34-20-. The summed E-state index contributed by atoms with van der Waals surface area (Å²) >= 11 is 3.82. The van der Waals surface area contributed by atoms with Gasteiger partial charge in [0.25, 0.3) is 10.0 Å². The predicted molar refractivity (Wildman–Crippen MR) is 171 cm³/mol. The largest absolute Gasteiger partial charge is 0.372 e. The molecule has 0 atom stereocenters. The summed E-state index contributed by atoms with van der Waals surface area (Å²) in [5, 5.41) is 0. The van der Waals surface area contributed by atoms with E-state index in [-0.39, 0.29) is 6.54 Å². The molecule has 0 saturated carbocycles. The molecule has 2 heterocycles. The van der Waals surface area contributed by atoms with Crippen LogP contribution in [0, 0.1) is 13.8 Å². The summed E-state index contributed by atoms with van der Waals surface area (Å²) in [7, 11) is -3.77. The van der Waals surface area contributed by atoms with Crippen molar-refractivity contribution in [1.29, 1.82) is 0 Å². The normalized spacial score (nSPS) is 18.5. The second-order valence-corrected chi connectivity index (χ2v) is 13.1. The van der Waals surface area contributed by atoms with Gasteiger partial charge in [-0.2, -0.15) is 0 Å². The van der Waals surface area contributed by atoms with Gasteiger partial charge in [-0.3, -0.25) is 4.31 Å². The van der Waals surface area contributed by atoms with Crippen molar-refractivity contribution in [2.45, 2.75) is 18.7 Å². The fourth-order valence-corrected chi connectivity index (χ4v) is 7.39. The third-order valence-electron chi connectivity index (χ3n) is 7.61. The Balaban J connectivity index is 1.54. The van der Waals surface area contributed by atoms with E-state index in [9.17, 15) is 8.42 Å².